The first-order chi connectivity index (χ1) is 8.41. The Balaban J connectivity index is 1.89. The van der Waals surface area contributed by atoms with Crippen molar-refractivity contribution in [2.24, 2.45) is 0 Å². The Morgan fingerprint density at radius 3 is 2.76 bits per heavy atom. The summed E-state index contributed by atoms with van der Waals surface area (Å²) in [7, 11) is 0. The molecule has 2 unspecified atom stereocenters. The highest BCUT2D eigenvalue weighted by molar-refractivity contribution is 8.00. The van der Waals surface area contributed by atoms with Crippen LogP contribution in [-0.2, 0) is 0 Å². The molecule has 92 valence electrons. The van der Waals surface area contributed by atoms with Gasteiger partial charge in [-0.25, -0.2) is 0 Å². The Morgan fingerprint density at radius 2 is 2.00 bits per heavy atom. The summed E-state index contributed by atoms with van der Waals surface area (Å²) in [5.74, 6) is 2.04. The van der Waals surface area contributed by atoms with Gasteiger partial charge in [0.1, 0.15) is 0 Å². The summed E-state index contributed by atoms with van der Waals surface area (Å²) in [6.45, 7) is 1.20. The van der Waals surface area contributed by atoms with E-state index >= 15 is 0 Å². The molecule has 1 saturated carbocycles. The second-order valence-electron chi connectivity index (χ2n) is 5.23. The van der Waals surface area contributed by atoms with Crippen LogP contribution in [0.3, 0.4) is 0 Å². The average molecular weight is 247 g/mol. The van der Waals surface area contributed by atoms with E-state index in [4.69, 9.17) is 0 Å². The van der Waals surface area contributed by atoms with E-state index < -0.39 is 0 Å². The third-order valence-corrected chi connectivity index (χ3v) is 5.80. The molecule has 17 heavy (non-hydrogen) atoms. The summed E-state index contributed by atoms with van der Waals surface area (Å²) in [5, 5.41) is 3.85. The molecule has 1 aliphatic carbocycles. The molecule has 1 saturated heterocycles. The zero-order chi connectivity index (χ0) is 11.6. The fraction of sp³-hybridized carbons (Fsp3) is 0.600. The van der Waals surface area contributed by atoms with Gasteiger partial charge in [0.15, 0.2) is 0 Å². The molecule has 2 fully saturated rings. The van der Waals surface area contributed by atoms with Gasteiger partial charge in [0.05, 0.1) is 4.87 Å². The van der Waals surface area contributed by atoms with Crippen LogP contribution in [0.15, 0.2) is 30.3 Å². The molecule has 0 amide bonds. The molecule has 1 nitrogen and oxygen atoms in total. The van der Waals surface area contributed by atoms with Crippen molar-refractivity contribution in [3.8, 4) is 0 Å². The second kappa shape index (κ2) is 5.03. The van der Waals surface area contributed by atoms with Crippen LogP contribution < -0.4 is 5.32 Å². The molecule has 2 atom stereocenters. The van der Waals surface area contributed by atoms with E-state index in [2.05, 4.69) is 47.4 Å². The molecule has 0 bridgehead atoms. The van der Waals surface area contributed by atoms with Gasteiger partial charge >= 0.3 is 0 Å². The quantitative estimate of drug-likeness (QED) is 0.811. The van der Waals surface area contributed by atoms with E-state index in [0.717, 1.165) is 0 Å². The normalized spacial score (nSPS) is 33.8. The maximum Gasteiger partial charge on any atom is 0.0714 e. The predicted octanol–water partition coefficient (Wildman–Crippen LogP) is 3.77. The Hall–Kier alpha value is -0.470. The zero-order valence-corrected chi connectivity index (χ0v) is 11.1. The van der Waals surface area contributed by atoms with E-state index in [0.29, 0.717) is 10.8 Å². The van der Waals surface area contributed by atoms with Crippen molar-refractivity contribution in [3.05, 3.63) is 35.9 Å². The minimum atomic E-state index is 0.345. The van der Waals surface area contributed by atoms with Crippen molar-refractivity contribution in [1.29, 1.82) is 0 Å². The molecule has 3 rings (SSSR count). The Morgan fingerprint density at radius 1 is 1.12 bits per heavy atom. The summed E-state index contributed by atoms with van der Waals surface area (Å²) < 4.78 is 0. The summed E-state index contributed by atoms with van der Waals surface area (Å²) in [4.78, 5) is 0.345. The highest BCUT2D eigenvalue weighted by Gasteiger charge is 2.42. The minimum absolute atomic E-state index is 0.345. The fourth-order valence-electron chi connectivity index (χ4n) is 3.33. The van der Waals surface area contributed by atoms with E-state index in [1.54, 1.807) is 0 Å². The number of thioether (sulfide) groups is 1. The van der Waals surface area contributed by atoms with Crippen molar-refractivity contribution in [2.45, 2.75) is 42.9 Å². The maximum atomic E-state index is 3.85. The van der Waals surface area contributed by atoms with Crippen molar-refractivity contribution in [3.63, 3.8) is 0 Å². The van der Waals surface area contributed by atoms with Crippen LogP contribution >= 0.6 is 11.8 Å². The summed E-state index contributed by atoms with van der Waals surface area (Å²) >= 11 is 2.18. The molecule has 2 heteroatoms. The smallest absolute Gasteiger partial charge is 0.0714 e. The predicted molar refractivity (Wildman–Crippen MR) is 75.5 cm³/mol. The van der Waals surface area contributed by atoms with Gasteiger partial charge in [-0.3, -0.25) is 0 Å². The van der Waals surface area contributed by atoms with Gasteiger partial charge in [0.25, 0.3) is 0 Å². The molecular formula is C15H21NS. The Bertz CT molecular complexity index is 348. The van der Waals surface area contributed by atoms with Crippen LogP contribution in [-0.4, -0.2) is 17.2 Å². The molecule has 0 aromatic heterocycles. The van der Waals surface area contributed by atoms with Gasteiger partial charge in [-0.2, -0.15) is 0 Å². The minimum Gasteiger partial charge on any atom is -0.302 e. The van der Waals surface area contributed by atoms with E-state index in [-0.39, 0.29) is 0 Å². The first-order valence-corrected chi connectivity index (χ1v) is 7.83. The first kappa shape index (κ1) is 11.6. The molecule has 1 aromatic rings. The number of rotatable bonds is 1. The standard InChI is InChI=1S/C15H21NS/c1-2-7-13(8-3-1)14-9-4-5-10-15(14)16-11-6-12-17-15/h1-3,7-8,14,16H,4-6,9-12H2. The summed E-state index contributed by atoms with van der Waals surface area (Å²) in [6, 6.07) is 11.1. The lowest BCUT2D eigenvalue weighted by atomic mass is 9.79. The molecule has 1 aliphatic heterocycles. The molecule has 1 N–H and O–H groups in total. The third-order valence-electron chi connectivity index (χ3n) is 4.16. The van der Waals surface area contributed by atoms with Crippen LogP contribution in [0.2, 0.25) is 0 Å². The second-order valence-corrected chi connectivity index (χ2v) is 6.65. The highest BCUT2D eigenvalue weighted by atomic mass is 32.2. The number of hydrogen-bond acceptors (Lipinski definition) is 2. The van der Waals surface area contributed by atoms with Gasteiger partial charge in [0.2, 0.25) is 0 Å². The maximum absolute atomic E-state index is 3.85. The topological polar surface area (TPSA) is 12.0 Å². The van der Waals surface area contributed by atoms with Crippen LogP contribution in [0.4, 0.5) is 0 Å². The van der Waals surface area contributed by atoms with Gasteiger partial charge < -0.3 is 5.32 Å². The molecule has 0 radical (unpaired) electrons. The Labute approximate surface area is 108 Å². The fourth-order valence-corrected chi connectivity index (χ4v) is 4.93. The molecular weight excluding hydrogens is 226 g/mol. The van der Waals surface area contributed by atoms with Crippen LogP contribution in [0.5, 0.6) is 0 Å². The molecule has 1 spiro atoms. The first-order valence-electron chi connectivity index (χ1n) is 6.85. The highest BCUT2D eigenvalue weighted by Crippen LogP contribution is 2.48. The lowest BCUT2D eigenvalue weighted by molar-refractivity contribution is 0.288. The average Bonchev–Trinajstić information content (AvgIpc) is 2.41. The van der Waals surface area contributed by atoms with Crippen LogP contribution in [0, 0.1) is 0 Å². The zero-order valence-electron chi connectivity index (χ0n) is 10.3. The van der Waals surface area contributed by atoms with Gasteiger partial charge in [0, 0.05) is 5.92 Å². The number of nitrogens with one attached hydrogen (secondary N) is 1. The van der Waals surface area contributed by atoms with E-state index in [9.17, 15) is 0 Å². The number of hydrogen-bond donors (Lipinski definition) is 1. The van der Waals surface area contributed by atoms with Gasteiger partial charge in [-0.05, 0) is 37.1 Å². The van der Waals surface area contributed by atoms with E-state index in [1.807, 2.05) is 0 Å². The lowest BCUT2D eigenvalue weighted by Gasteiger charge is -2.47. The largest absolute Gasteiger partial charge is 0.302 e. The van der Waals surface area contributed by atoms with Gasteiger partial charge in [-0.15, -0.1) is 11.8 Å². The van der Waals surface area contributed by atoms with Crippen molar-refractivity contribution in [1.82, 2.24) is 5.32 Å². The van der Waals surface area contributed by atoms with Crippen molar-refractivity contribution in [2.75, 3.05) is 12.3 Å². The SMILES string of the molecule is c1ccc(C2CCCCC23NCCCS3)cc1. The molecule has 1 aromatic carbocycles. The molecule has 2 aliphatic rings. The third kappa shape index (κ3) is 2.25. The van der Waals surface area contributed by atoms with Crippen LogP contribution in [0.25, 0.3) is 0 Å². The van der Waals surface area contributed by atoms with Crippen molar-refractivity contribution >= 4 is 11.8 Å². The summed E-state index contributed by atoms with van der Waals surface area (Å²) in [6.07, 6.45) is 6.81. The number of benzene rings is 1. The van der Waals surface area contributed by atoms with Gasteiger partial charge in [-0.1, -0.05) is 43.2 Å². The lowest BCUT2D eigenvalue weighted by Crippen LogP contribution is -2.52. The molecule has 1 heterocycles. The van der Waals surface area contributed by atoms with Crippen LogP contribution in [0.1, 0.15) is 43.6 Å². The Kier molecular flexibility index (Phi) is 3.44. The monoisotopic (exact) mass is 247 g/mol. The summed E-state index contributed by atoms with van der Waals surface area (Å²) in [5.41, 5.74) is 1.54. The van der Waals surface area contributed by atoms with E-state index in [1.165, 1.54) is 50.0 Å². The van der Waals surface area contributed by atoms with Crippen molar-refractivity contribution < 1.29 is 0 Å².